The van der Waals surface area contributed by atoms with E-state index in [1.54, 1.807) is 0 Å². The number of Topliss-reactive ketones (excluding diaryl/α,β-unsaturated/α-hetero) is 1. The van der Waals surface area contributed by atoms with Crippen molar-refractivity contribution in [3.8, 4) is 0 Å². The van der Waals surface area contributed by atoms with Crippen molar-refractivity contribution in [3.63, 3.8) is 0 Å². The van der Waals surface area contributed by atoms with Crippen molar-refractivity contribution in [2.24, 2.45) is 0 Å². The summed E-state index contributed by atoms with van der Waals surface area (Å²) in [5.74, 6) is -0.326. The topological polar surface area (TPSA) is 45.8 Å². The Morgan fingerprint density at radius 3 is 2.64 bits per heavy atom. The van der Waals surface area contributed by atoms with E-state index in [0.29, 0.717) is 0 Å². The zero-order valence-corrected chi connectivity index (χ0v) is 5.77. The number of rotatable bonds is 2. The molecule has 0 saturated heterocycles. The van der Waals surface area contributed by atoms with Gasteiger partial charge in [-0.15, -0.1) is 0 Å². The molecular weight excluding hydrogens is 154 g/mol. The third-order valence-corrected chi connectivity index (χ3v) is 1.19. The van der Waals surface area contributed by atoms with Gasteiger partial charge in [0.15, 0.2) is 5.78 Å². The number of aromatic nitrogens is 2. The fraction of sp³-hybridized carbons (Fsp3) is 0.333. The zero-order chi connectivity index (χ0) is 8.43. The number of hydrogen-bond acceptors (Lipinski definition) is 2. The van der Waals surface area contributed by atoms with Crippen LogP contribution in [0.2, 0.25) is 0 Å². The molecule has 1 aromatic rings. The standard InChI is InChI=1S/C6H6F2N2O/c1-3(11)4-2-5(6(7)8)10-9-4/h2,6H,1H3,(H,9,10). The van der Waals surface area contributed by atoms with Crippen molar-refractivity contribution < 1.29 is 13.6 Å². The van der Waals surface area contributed by atoms with Gasteiger partial charge in [0.25, 0.3) is 6.43 Å². The minimum atomic E-state index is -2.60. The Labute approximate surface area is 61.4 Å². The van der Waals surface area contributed by atoms with Crippen molar-refractivity contribution in [1.82, 2.24) is 10.2 Å². The molecule has 0 aromatic carbocycles. The van der Waals surface area contributed by atoms with Crippen molar-refractivity contribution in [2.75, 3.05) is 0 Å². The highest BCUT2D eigenvalue weighted by Crippen LogP contribution is 2.16. The van der Waals surface area contributed by atoms with Crippen molar-refractivity contribution in [1.29, 1.82) is 0 Å². The van der Waals surface area contributed by atoms with Crippen LogP contribution in [0.15, 0.2) is 6.07 Å². The monoisotopic (exact) mass is 160 g/mol. The lowest BCUT2D eigenvalue weighted by Gasteiger charge is -1.87. The molecule has 0 saturated carbocycles. The number of nitrogens with one attached hydrogen (secondary N) is 1. The van der Waals surface area contributed by atoms with Crippen LogP contribution in [0.1, 0.15) is 29.5 Å². The van der Waals surface area contributed by atoms with Crippen LogP contribution < -0.4 is 0 Å². The van der Waals surface area contributed by atoms with Crippen LogP contribution in [0.3, 0.4) is 0 Å². The summed E-state index contributed by atoms with van der Waals surface area (Å²) in [5, 5.41) is 5.45. The molecule has 0 unspecified atom stereocenters. The molecule has 0 atom stereocenters. The minimum Gasteiger partial charge on any atom is -0.293 e. The molecule has 0 spiro atoms. The average molecular weight is 160 g/mol. The molecule has 1 rings (SSSR count). The molecule has 0 bridgehead atoms. The normalized spacial score (nSPS) is 10.5. The summed E-state index contributed by atoms with van der Waals surface area (Å²) in [4.78, 5) is 10.6. The third kappa shape index (κ3) is 1.60. The van der Waals surface area contributed by atoms with Gasteiger partial charge in [-0.3, -0.25) is 9.89 Å². The second-order valence-corrected chi connectivity index (χ2v) is 2.07. The SMILES string of the molecule is CC(=O)c1cc(C(F)F)[nH]n1. The number of halogens is 2. The van der Waals surface area contributed by atoms with Crippen molar-refractivity contribution >= 4 is 5.78 Å². The first-order chi connectivity index (χ1) is 5.11. The van der Waals surface area contributed by atoms with E-state index in [-0.39, 0.29) is 17.2 Å². The van der Waals surface area contributed by atoms with Gasteiger partial charge in [0.2, 0.25) is 0 Å². The fourth-order valence-electron chi connectivity index (χ4n) is 0.629. The first-order valence-corrected chi connectivity index (χ1v) is 2.95. The first kappa shape index (κ1) is 7.84. The van der Waals surface area contributed by atoms with E-state index in [1.165, 1.54) is 6.92 Å². The molecule has 1 aromatic heterocycles. The molecule has 0 fully saturated rings. The Bertz CT molecular complexity index is 269. The van der Waals surface area contributed by atoms with E-state index >= 15 is 0 Å². The highest BCUT2D eigenvalue weighted by molar-refractivity contribution is 5.92. The molecular formula is C6H6F2N2O. The van der Waals surface area contributed by atoms with Gasteiger partial charge in [0.1, 0.15) is 11.4 Å². The lowest BCUT2D eigenvalue weighted by molar-refractivity contribution is 0.101. The second-order valence-electron chi connectivity index (χ2n) is 2.07. The van der Waals surface area contributed by atoms with Crippen LogP contribution in [0.5, 0.6) is 0 Å². The number of carbonyl (C=O) groups excluding carboxylic acids is 1. The highest BCUT2D eigenvalue weighted by atomic mass is 19.3. The van der Waals surface area contributed by atoms with Gasteiger partial charge in [0.05, 0.1) is 0 Å². The summed E-state index contributed by atoms with van der Waals surface area (Å²) in [6.07, 6.45) is -2.60. The van der Waals surface area contributed by atoms with Gasteiger partial charge in [-0.1, -0.05) is 0 Å². The van der Waals surface area contributed by atoms with E-state index in [0.717, 1.165) is 6.07 Å². The molecule has 0 radical (unpaired) electrons. The van der Waals surface area contributed by atoms with E-state index in [9.17, 15) is 13.6 Å². The van der Waals surface area contributed by atoms with Crippen molar-refractivity contribution in [3.05, 3.63) is 17.5 Å². The Morgan fingerprint density at radius 1 is 1.73 bits per heavy atom. The fourth-order valence-corrected chi connectivity index (χ4v) is 0.629. The van der Waals surface area contributed by atoms with Gasteiger partial charge in [-0.2, -0.15) is 5.10 Å². The molecule has 0 aliphatic carbocycles. The number of alkyl halides is 2. The molecule has 1 N–H and O–H groups in total. The Morgan fingerprint density at radius 2 is 2.36 bits per heavy atom. The van der Waals surface area contributed by atoms with Gasteiger partial charge >= 0.3 is 0 Å². The van der Waals surface area contributed by atoms with E-state index in [1.807, 2.05) is 0 Å². The maximum absolute atomic E-state index is 11.9. The molecule has 0 aliphatic heterocycles. The molecule has 3 nitrogen and oxygen atoms in total. The number of aromatic amines is 1. The molecule has 60 valence electrons. The minimum absolute atomic E-state index is 0.0419. The molecule has 0 amide bonds. The summed E-state index contributed by atoms with van der Waals surface area (Å²) in [6.45, 7) is 1.27. The maximum atomic E-state index is 11.9. The van der Waals surface area contributed by atoms with Crippen LogP contribution >= 0.6 is 0 Å². The number of H-pyrrole nitrogens is 1. The molecule has 1 heterocycles. The van der Waals surface area contributed by atoms with Gasteiger partial charge in [-0.25, -0.2) is 8.78 Å². The summed E-state index contributed by atoms with van der Waals surface area (Å²) >= 11 is 0. The molecule has 11 heavy (non-hydrogen) atoms. The molecule has 5 heteroatoms. The Balaban J connectivity index is 2.90. The van der Waals surface area contributed by atoms with E-state index in [2.05, 4.69) is 10.2 Å². The lowest BCUT2D eigenvalue weighted by atomic mass is 10.3. The quantitative estimate of drug-likeness (QED) is 0.667. The Kier molecular flexibility index (Phi) is 1.98. The van der Waals surface area contributed by atoms with Gasteiger partial charge in [-0.05, 0) is 6.07 Å². The summed E-state index contributed by atoms with van der Waals surface area (Å²) in [6, 6.07) is 1.05. The van der Waals surface area contributed by atoms with Crippen LogP contribution in [-0.2, 0) is 0 Å². The van der Waals surface area contributed by atoms with E-state index in [4.69, 9.17) is 0 Å². The number of carbonyl (C=O) groups is 1. The van der Waals surface area contributed by atoms with Crippen LogP contribution in [0, 0.1) is 0 Å². The average Bonchev–Trinajstić information content (AvgIpc) is 2.33. The van der Waals surface area contributed by atoms with Crippen LogP contribution in [0.4, 0.5) is 8.78 Å². The molecule has 0 aliphatic rings. The number of ketones is 1. The Hall–Kier alpha value is -1.26. The highest BCUT2D eigenvalue weighted by Gasteiger charge is 2.12. The third-order valence-electron chi connectivity index (χ3n) is 1.19. The lowest BCUT2D eigenvalue weighted by Crippen LogP contribution is -1.90. The smallest absolute Gasteiger partial charge is 0.279 e. The largest absolute Gasteiger partial charge is 0.293 e. The summed E-state index contributed by atoms with van der Waals surface area (Å²) in [7, 11) is 0. The maximum Gasteiger partial charge on any atom is 0.279 e. The van der Waals surface area contributed by atoms with E-state index < -0.39 is 6.43 Å². The zero-order valence-electron chi connectivity index (χ0n) is 5.77. The predicted molar refractivity (Wildman–Crippen MR) is 33.5 cm³/mol. The van der Waals surface area contributed by atoms with Crippen LogP contribution in [0.25, 0.3) is 0 Å². The van der Waals surface area contributed by atoms with Crippen molar-refractivity contribution in [2.45, 2.75) is 13.3 Å². The van der Waals surface area contributed by atoms with Gasteiger partial charge in [0, 0.05) is 6.92 Å². The van der Waals surface area contributed by atoms with Gasteiger partial charge < -0.3 is 0 Å². The number of hydrogen-bond donors (Lipinski definition) is 1. The second kappa shape index (κ2) is 2.77. The predicted octanol–water partition coefficient (Wildman–Crippen LogP) is 1.55. The number of nitrogens with zero attached hydrogens (tertiary/aromatic N) is 1. The summed E-state index contributed by atoms with van der Waals surface area (Å²) in [5.41, 5.74) is -0.282. The van der Waals surface area contributed by atoms with Crippen LogP contribution in [-0.4, -0.2) is 16.0 Å². The first-order valence-electron chi connectivity index (χ1n) is 2.95. The summed E-state index contributed by atoms with van der Waals surface area (Å²) < 4.78 is 23.7.